The Morgan fingerprint density at radius 2 is 1.57 bits per heavy atom. The molecule has 2 rings (SSSR count). The van der Waals surface area contributed by atoms with E-state index in [0.29, 0.717) is 0 Å². The molecule has 0 fully saturated rings. The molecule has 23 heavy (non-hydrogen) atoms. The SMILES string of the molecule is CCCCC/C(=C/c1ccccc1)c1ccc(C(F)(F)F)cc1. The molecular formula is C20H21F3. The van der Waals surface area contributed by atoms with Crippen LogP contribution in [0.25, 0.3) is 11.6 Å². The number of rotatable bonds is 6. The fourth-order valence-electron chi connectivity index (χ4n) is 2.49. The highest BCUT2D eigenvalue weighted by molar-refractivity contribution is 5.81. The third kappa shape index (κ3) is 5.27. The lowest BCUT2D eigenvalue weighted by Crippen LogP contribution is -2.04. The molecule has 2 aromatic carbocycles. The van der Waals surface area contributed by atoms with Crippen molar-refractivity contribution in [2.75, 3.05) is 0 Å². The van der Waals surface area contributed by atoms with Gasteiger partial charge in [0.15, 0.2) is 0 Å². The van der Waals surface area contributed by atoms with E-state index in [0.717, 1.165) is 54.5 Å². The van der Waals surface area contributed by atoms with Crippen LogP contribution in [-0.4, -0.2) is 0 Å². The summed E-state index contributed by atoms with van der Waals surface area (Å²) in [5, 5.41) is 0. The zero-order chi connectivity index (χ0) is 16.7. The molecule has 0 saturated heterocycles. The van der Waals surface area contributed by atoms with Gasteiger partial charge in [-0.1, -0.05) is 68.3 Å². The number of benzene rings is 2. The van der Waals surface area contributed by atoms with Crippen molar-refractivity contribution >= 4 is 11.6 Å². The zero-order valence-corrected chi connectivity index (χ0v) is 13.2. The van der Waals surface area contributed by atoms with Crippen LogP contribution in [0.1, 0.15) is 49.3 Å². The van der Waals surface area contributed by atoms with Gasteiger partial charge in [-0.25, -0.2) is 0 Å². The van der Waals surface area contributed by atoms with Gasteiger partial charge in [-0.15, -0.1) is 0 Å². The molecule has 122 valence electrons. The number of allylic oxidation sites excluding steroid dienone is 1. The standard InChI is InChI=1S/C20H21F3/c1-2-3-5-10-18(15-16-8-6-4-7-9-16)17-11-13-19(14-12-17)20(21,22)23/h4,6-9,11-15H,2-3,5,10H2,1H3/b18-15-. The van der Waals surface area contributed by atoms with E-state index < -0.39 is 11.7 Å². The minimum absolute atomic E-state index is 0.603. The summed E-state index contributed by atoms with van der Waals surface area (Å²) in [6.45, 7) is 2.14. The highest BCUT2D eigenvalue weighted by Gasteiger charge is 2.29. The van der Waals surface area contributed by atoms with Crippen molar-refractivity contribution in [3.63, 3.8) is 0 Å². The summed E-state index contributed by atoms with van der Waals surface area (Å²) >= 11 is 0. The van der Waals surface area contributed by atoms with Crippen LogP contribution < -0.4 is 0 Å². The van der Waals surface area contributed by atoms with Crippen LogP contribution in [0.4, 0.5) is 13.2 Å². The average molecular weight is 318 g/mol. The van der Waals surface area contributed by atoms with Gasteiger partial charge in [-0.05, 0) is 41.7 Å². The molecule has 0 N–H and O–H groups in total. The maximum absolute atomic E-state index is 12.7. The van der Waals surface area contributed by atoms with Gasteiger partial charge in [-0.2, -0.15) is 13.2 Å². The maximum Gasteiger partial charge on any atom is 0.416 e. The highest BCUT2D eigenvalue weighted by atomic mass is 19.4. The van der Waals surface area contributed by atoms with Gasteiger partial charge in [0, 0.05) is 0 Å². The molecule has 0 nitrogen and oxygen atoms in total. The minimum atomic E-state index is -4.29. The Balaban J connectivity index is 2.28. The van der Waals surface area contributed by atoms with Crippen molar-refractivity contribution in [2.24, 2.45) is 0 Å². The van der Waals surface area contributed by atoms with Gasteiger partial charge < -0.3 is 0 Å². The molecule has 0 bridgehead atoms. The Labute approximate surface area is 135 Å². The molecule has 0 aliphatic carbocycles. The van der Waals surface area contributed by atoms with Crippen LogP contribution in [-0.2, 0) is 6.18 Å². The average Bonchev–Trinajstić information content (AvgIpc) is 2.54. The number of hydrogen-bond donors (Lipinski definition) is 0. The highest BCUT2D eigenvalue weighted by Crippen LogP contribution is 2.31. The van der Waals surface area contributed by atoms with E-state index in [2.05, 4.69) is 13.0 Å². The monoisotopic (exact) mass is 318 g/mol. The van der Waals surface area contributed by atoms with E-state index in [-0.39, 0.29) is 0 Å². The first-order chi connectivity index (χ1) is 11.0. The van der Waals surface area contributed by atoms with Crippen molar-refractivity contribution in [2.45, 2.75) is 38.8 Å². The van der Waals surface area contributed by atoms with E-state index in [4.69, 9.17) is 0 Å². The smallest absolute Gasteiger partial charge is 0.166 e. The summed E-state index contributed by atoms with van der Waals surface area (Å²) in [5.74, 6) is 0. The summed E-state index contributed by atoms with van der Waals surface area (Å²) in [4.78, 5) is 0. The quantitative estimate of drug-likeness (QED) is 0.404. The lowest BCUT2D eigenvalue weighted by Gasteiger charge is -2.11. The molecule has 0 amide bonds. The van der Waals surface area contributed by atoms with Crippen LogP contribution in [0, 0.1) is 0 Å². The van der Waals surface area contributed by atoms with Gasteiger partial charge >= 0.3 is 6.18 Å². The van der Waals surface area contributed by atoms with Crippen molar-refractivity contribution in [3.8, 4) is 0 Å². The Morgan fingerprint density at radius 1 is 0.913 bits per heavy atom. The van der Waals surface area contributed by atoms with Crippen molar-refractivity contribution < 1.29 is 13.2 Å². The van der Waals surface area contributed by atoms with Crippen molar-refractivity contribution in [1.82, 2.24) is 0 Å². The molecule has 0 aliphatic heterocycles. The van der Waals surface area contributed by atoms with E-state index in [1.54, 1.807) is 12.1 Å². The molecule has 2 aromatic rings. The topological polar surface area (TPSA) is 0 Å². The van der Waals surface area contributed by atoms with Gasteiger partial charge in [0.1, 0.15) is 0 Å². The lowest BCUT2D eigenvalue weighted by molar-refractivity contribution is -0.137. The summed E-state index contributed by atoms with van der Waals surface area (Å²) in [6, 6.07) is 15.3. The van der Waals surface area contributed by atoms with Crippen LogP contribution in [0.5, 0.6) is 0 Å². The first-order valence-corrected chi connectivity index (χ1v) is 7.94. The Morgan fingerprint density at radius 3 is 2.13 bits per heavy atom. The Hall–Kier alpha value is -2.03. The summed E-state index contributed by atoms with van der Waals surface area (Å²) in [6.07, 6.45) is 1.92. The Bertz CT molecular complexity index is 622. The first kappa shape index (κ1) is 17.3. The molecular weight excluding hydrogens is 297 g/mol. The van der Waals surface area contributed by atoms with E-state index >= 15 is 0 Å². The third-order valence-corrected chi connectivity index (χ3v) is 3.77. The summed E-state index contributed by atoms with van der Waals surface area (Å²) in [5.41, 5.74) is 2.41. The van der Waals surface area contributed by atoms with Crippen LogP contribution in [0.3, 0.4) is 0 Å². The predicted octanol–water partition coefficient (Wildman–Crippen LogP) is 6.83. The Kier molecular flexibility index (Phi) is 6.03. The molecule has 0 aliphatic rings. The van der Waals surface area contributed by atoms with Gasteiger partial charge in [0.2, 0.25) is 0 Å². The molecule has 0 atom stereocenters. The summed E-state index contributed by atoms with van der Waals surface area (Å²) < 4.78 is 38.1. The van der Waals surface area contributed by atoms with Crippen LogP contribution in [0.2, 0.25) is 0 Å². The normalized spacial score (nSPS) is 12.4. The molecule has 0 radical (unpaired) electrons. The van der Waals surface area contributed by atoms with Gasteiger partial charge in [0.05, 0.1) is 5.56 Å². The van der Waals surface area contributed by atoms with E-state index in [9.17, 15) is 13.2 Å². The number of halogens is 3. The largest absolute Gasteiger partial charge is 0.416 e. The molecule has 0 aromatic heterocycles. The number of hydrogen-bond acceptors (Lipinski definition) is 0. The predicted molar refractivity (Wildman–Crippen MR) is 89.9 cm³/mol. The fourth-order valence-corrected chi connectivity index (χ4v) is 2.49. The van der Waals surface area contributed by atoms with Crippen molar-refractivity contribution in [3.05, 3.63) is 71.3 Å². The number of unbranched alkanes of at least 4 members (excludes halogenated alkanes) is 2. The van der Waals surface area contributed by atoms with Gasteiger partial charge in [-0.3, -0.25) is 0 Å². The second-order valence-electron chi connectivity index (χ2n) is 5.61. The second-order valence-corrected chi connectivity index (χ2v) is 5.61. The van der Waals surface area contributed by atoms with Crippen LogP contribution >= 0.6 is 0 Å². The zero-order valence-electron chi connectivity index (χ0n) is 13.2. The molecule has 0 unspecified atom stereocenters. The van der Waals surface area contributed by atoms with Gasteiger partial charge in [0.25, 0.3) is 0 Å². The molecule has 0 heterocycles. The maximum atomic E-state index is 12.7. The third-order valence-electron chi connectivity index (χ3n) is 3.77. The van der Waals surface area contributed by atoms with E-state index in [1.807, 2.05) is 30.3 Å². The second kappa shape index (κ2) is 8.00. The number of alkyl halides is 3. The first-order valence-electron chi connectivity index (χ1n) is 7.94. The fraction of sp³-hybridized carbons (Fsp3) is 0.300. The minimum Gasteiger partial charge on any atom is -0.166 e. The van der Waals surface area contributed by atoms with E-state index in [1.165, 1.54) is 0 Å². The summed E-state index contributed by atoms with van der Waals surface area (Å²) in [7, 11) is 0. The van der Waals surface area contributed by atoms with Crippen LogP contribution in [0.15, 0.2) is 54.6 Å². The molecule has 0 spiro atoms. The lowest BCUT2D eigenvalue weighted by atomic mass is 9.96. The van der Waals surface area contributed by atoms with Crippen molar-refractivity contribution in [1.29, 1.82) is 0 Å². The molecule has 0 saturated carbocycles. The molecule has 3 heteroatoms.